The molecule has 2 amide bonds. The molecule has 30 heavy (non-hydrogen) atoms. The summed E-state index contributed by atoms with van der Waals surface area (Å²) in [6, 6.07) is 7.42. The van der Waals surface area contributed by atoms with Crippen molar-refractivity contribution in [3.8, 4) is 5.75 Å². The molecule has 1 aromatic carbocycles. The highest BCUT2D eigenvalue weighted by molar-refractivity contribution is 8.14. The minimum absolute atomic E-state index is 0.0281. The second kappa shape index (κ2) is 9.16. The van der Waals surface area contributed by atoms with E-state index in [2.05, 4.69) is 27.7 Å². The number of anilines is 1. The van der Waals surface area contributed by atoms with E-state index in [4.69, 9.17) is 4.74 Å². The van der Waals surface area contributed by atoms with Gasteiger partial charge in [0.1, 0.15) is 5.75 Å². The highest BCUT2D eigenvalue weighted by Gasteiger charge is 2.50. The smallest absolute Gasteiger partial charge is 0.234 e. The number of carbonyl (C=O) groups excluding carboxylic acids is 2. The van der Waals surface area contributed by atoms with Gasteiger partial charge in [0, 0.05) is 18.3 Å². The van der Waals surface area contributed by atoms with E-state index in [9.17, 15) is 9.59 Å². The molecule has 0 aromatic heterocycles. The van der Waals surface area contributed by atoms with E-state index in [1.807, 2.05) is 29.2 Å². The minimum Gasteiger partial charge on any atom is -0.497 e. The lowest BCUT2D eigenvalue weighted by Crippen LogP contribution is -2.67. The van der Waals surface area contributed by atoms with Crippen LogP contribution in [0.15, 0.2) is 29.4 Å². The number of nitrogens with zero attached hydrogens (tertiary/aromatic N) is 3. The number of carbonyl (C=O) groups is 2. The van der Waals surface area contributed by atoms with Crippen molar-refractivity contribution < 1.29 is 14.3 Å². The molecule has 1 saturated carbocycles. The Morgan fingerprint density at radius 3 is 2.80 bits per heavy atom. The Morgan fingerprint density at radius 2 is 2.07 bits per heavy atom. The summed E-state index contributed by atoms with van der Waals surface area (Å²) in [7, 11) is 1.61. The number of benzene rings is 1. The molecule has 2 fully saturated rings. The van der Waals surface area contributed by atoms with Crippen LogP contribution in [-0.2, 0) is 9.59 Å². The van der Waals surface area contributed by atoms with Crippen LogP contribution in [-0.4, -0.2) is 58.5 Å². The molecule has 3 atom stereocenters. The number of fused-ring (bicyclic) bond motifs is 3. The van der Waals surface area contributed by atoms with Crippen LogP contribution >= 0.6 is 11.8 Å². The van der Waals surface area contributed by atoms with E-state index in [0.29, 0.717) is 6.54 Å². The Balaban J connectivity index is 1.40. The van der Waals surface area contributed by atoms with Crippen molar-refractivity contribution in [1.82, 2.24) is 15.2 Å². The summed E-state index contributed by atoms with van der Waals surface area (Å²) < 4.78 is 5.14. The number of hydrazone groups is 1. The molecule has 0 bridgehead atoms. The Morgan fingerprint density at radius 1 is 1.30 bits per heavy atom. The number of amides is 2. The number of rotatable bonds is 6. The fraction of sp³-hybridized carbons (Fsp3) is 0.571. The normalized spacial score (nSPS) is 25.2. The number of ether oxygens (including phenoxy) is 1. The molecule has 0 radical (unpaired) electrons. The molecule has 1 aliphatic carbocycles. The van der Waals surface area contributed by atoms with Crippen molar-refractivity contribution in [2.45, 2.75) is 51.4 Å². The SMILES string of the molecule is CCCN1C(=O)C2CCCCC2N2C(SCC(=O)Nc3ccc(OC)cc3)=NNC12. The van der Waals surface area contributed by atoms with Gasteiger partial charge in [0.2, 0.25) is 11.8 Å². The quantitative estimate of drug-likeness (QED) is 0.720. The first-order valence-corrected chi connectivity index (χ1v) is 11.6. The largest absolute Gasteiger partial charge is 0.497 e. The predicted octanol–water partition coefficient (Wildman–Crippen LogP) is 2.64. The topological polar surface area (TPSA) is 86.3 Å². The van der Waals surface area contributed by atoms with E-state index >= 15 is 0 Å². The van der Waals surface area contributed by atoms with Gasteiger partial charge in [-0.2, -0.15) is 5.10 Å². The fourth-order valence-electron chi connectivity index (χ4n) is 4.53. The maximum absolute atomic E-state index is 13.0. The van der Waals surface area contributed by atoms with E-state index < -0.39 is 0 Å². The molecular formula is C21H29N5O3S. The molecular weight excluding hydrogens is 402 g/mol. The van der Waals surface area contributed by atoms with E-state index in [-0.39, 0.29) is 35.8 Å². The standard InChI is InChI=1S/C21H29N5O3S/c1-3-12-25-19(28)16-6-4-5-7-17(16)26-20(25)23-24-21(26)30-13-18(27)22-14-8-10-15(29-2)11-9-14/h8-11,16-17,20,23H,3-7,12-13H2,1-2H3,(H,22,27). The van der Waals surface area contributed by atoms with Crippen LogP contribution in [0.2, 0.25) is 0 Å². The van der Waals surface area contributed by atoms with Crippen molar-refractivity contribution in [2.75, 3.05) is 24.7 Å². The maximum Gasteiger partial charge on any atom is 0.234 e. The summed E-state index contributed by atoms with van der Waals surface area (Å²) in [6.07, 6.45) is 4.82. The van der Waals surface area contributed by atoms with Gasteiger partial charge < -0.3 is 19.9 Å². The molecule has 9 heteroatoms. The second-order valence-corrected chi connectivity index (χ2v) is 8.80. The molecule has 0 spiro atoms. The summed E-state index contributed by atoms with van der Waals surface area (Å²) in [4.78, 5) is 29.7. The highest BCUT2D eigenvalue weighted by atomic mass is 32.2. The first-order chi connectivity index (χ1) is 14.6. The van der Waals surface area contributed by atoms with Gasteiger partial charge in [-0.3, -0.25) is 15.0 Å². The molecule has 2 aliphatic heterocycles. The number of hydrogen-bond donors (Lipinski definition) is 2. The molecule has 1 aromatic rings. The van der Waals surface area contributed by atoms with Gasteiger partial charge in [0.25, 0.3) is 0 Å². The Hall–Kier alpha value is -2.42. The first-order valence-electron chi connectivity index (χ1n) is 10.6. The van der Waals surface area contributed by atoms with Crippen molar-refractivity contribution in [3.63, 3.8) is 0 Å². The van der Waals surface area contributed by atoms with Gasteiger partial charge >= 0.3 is 0 Å². The summed E-state index contributed by atoms with van der Waals surface area (Å²) in [5.74, 6) is 1.19. The lowest BCUT2D eigenvalue weighted by molar-refractivity contribution is -0.155. The number of methoxy groups -OCH3 is 1. The Bertz CT molecular complexity index is 815. The van der Waals surface area contributed by atoms with Gasteiger partial charge in [0.15, 0.2) is 11.5 Å². The molecule has 8 nitrogen and oxygen atoms in total. The third kappa shape index (κ3) is 4.08. The van der Waals surface area contributed by atoms with Gasteiger partial charge in [-0.1, -0.05) is 31.5 Å². The van der Waals surface area contributed by atoms with Gasteiger partial charge in [-0.05, 0) is 43.5 Å². The van der Waals surface area contributed by atoms with Crippen molar-refractivity contribution in [2.24, 2.45) is 11.0 Å². The van der Waals surface area contributed by atoms with Crippen LogP contribution in [0, 0.1) is 5.92 Å². The van der Waals surface area contributed by atoms with Gasteiger partial charge in [-0.25, -0.2) is 0 Å². The minimum atomic E-state index is -0.232. The number of hydrogen-bond acceptors (Lipinski definition) is 7. The first kappa shape index (κ1) is 20.8. The summed E-state index contributed by atoms with van der Waals surface area (Å²) in [5.41, 5.74) is 3.88. The molecule has 2 heterocycles. The van der Waals surface area contributed by atoms with Crippen LogP contribution in [0.25, 0.3) is 0 Å². The third-order valence-corrected chi connectivity index (χ3v) is 6.88. The Labute approximate surface area is 181 Å². The van der Waals surface area contributed by atoms with Crippen LogP contribution in [0.4, 0.5) is 5.69 Å². The van der Waals surface area contributed by atoms with E-state index in [0.717, 1.165) is 48.7 Å². The number of nitrogens with one attached hydrogen (secondary N) is 2. The monoisotopic (exact) mass is 431 g/mol. The van der Waals surface area contributed by atoms with Crippen LogP contribution in [0.1, 0.15) is 39.0 Å². The van der Waals surface area contributed by atoms with Gasteiger partial charge in [-0.15, -0.1) is 0 Å². The average molecular weight is 432 g/mol. The van der Waals surface area contributed by atoms with Crippen molar-refractivity contribution >= 4 is 34.4 Å². The van der Waals surface area contributed by atoms with Crippen molar-refractivity contribution in [1.29, 1.82) is 0 Å². The molecule has 4 rings (SSSR count). The van der Waals surface area contributed by atoms with E-state index in [1.165, 1.54) is 11.8 Å². The van der Waals surface area contributed by atoms with Crippen molar-refractivity contribution in [3.05, 3.63) is 24.3 Å². The zero-order valence-corrected chi connectivity index (χ0v) is 18.3. The average Bonchev–Trinajstić information content (AvgIpc) is 3.20. The van der Waals surface area contributed by atoms with Crippen LogP contribution < -0.4 is 15.5 Å². The lowest BCUT2D eigenvalue weighted by Gasteiger charge is -2.50. The van der Waals surface area contributed by atoms with Gasteiger partial charge in [0.05, 0.1) is 18.8 Å². The maximum atomic E-state index is 13.0. The van der Waals surface area contributed by atoms with E-state index in [1.54, 1.807) is 7.11 Å². The molecule has 162 valence electrons. The third-order valence-electron chi connectivity index (χ3n) is 5.91. The zero-order chi connectivity index (χ0) is 21.1. The number of thioether (sulfide) groups is 1. The molecule has 2 N–H and O–H groups in total. The molecule has 3 aliphatic rings. The van der Waals surface area contributed by atoms with Crippen LogP contribution in [0.5, 0.6) is 5.75 Å². The predicted molar refractivity (Wildman–Crippen MR) is 118 cm³/mol. The highest BCUT2D eigenvalue weighted by Crippen LogP contribution is 2.38. The van der Waals surface area contributed by atoms with Crippen LogP contribution in [0.3, 0.4) is 0 Å². The lowest BCUT2D eigenvalue weighted by atomic mass is 9.81. The zero-order valence-electron chi connectivity index (χ0n) is 17.5. The summed E-state index contributed by atoms with van der Waals surface area (Å²) in [6.45, 7) is 2.79. The summed E-state index contributed by atoms with van der Waals surface area (Å²) in [5, 5.41) is 8.21. The Kier molecular flexibility index (Phi) is 6.36. The summed E-state index contributed by atoms with van der Waals surface area (Å²) >= 11 is 1.42. The molecule has 3 unspecified atom stereocenters. The molecule has 1 saturated heterocycles. The second-order valence-electron chi connectivity index (χ2n) is 7.86. The number of amidine groups is 1. The fourth-order valence-corrected chi connectivity index (χ4v) is 5.36.